The molecule has 2 aliphatic rings. The molecule has 0 spiro atoms. The fourth-order valence-corrected chi connectivity index (χ4v) is 5.02. The van der Waals surface area contributed by atoms with Crippen LogP contribution < -0.4 is 10.7 Å². The molecule has 5 rings (SSSR count). The van der Waals surface area contributed by atoms with E-state index >= 15 is 0 Å². The van der Waals surface area contributed by atoms with Gasteiger partial charge in [-0.05, 0) is 49.4 Å². The summed E-state index contributed by atoms with van der Waals surface area (Å²) in [6.45, 7) is 5.14. The normalized spacial score (nSPS) is 20.5. The molecule has 3 aromatic rings. The number of carbonyl (C=O) groups excluding carboxylic acids is 1. The predicted molar refractivity (Wildman–Crippen MR) is 122 cm³/mol. The third-order valence-electron chi connectivity index (χ3n) is 6.67. The average molecular weight is 420 g/mol. The quantitative estimate of drug-likeness (QED) is 0.646. The van der Waals surface area contributed by atoms with Crippen LogP contribution in [0.25, 0.3) is 21.8 Å². The van der Waals surface area contributed by atoms with Crippen LogP contribution in [0.2, 0.25) is 0 Å². The summed E-state index contributed by atoms with van der Waals surface area (Å²) in [5, 5.41) is 4.54. The first kappa shape index (κ1) is 20.2. The molecule has 31 heavy (non-hydrogen) atoms. The van der Waals surface area contributed by atoms with E-state index in [-0.39, 0.29) is 23.9 Å². The molecule has 1 amide bonds. The molecule has 0 aliphatic carbocycles. The number of nitrogens with one attached hydrogen (secondary N) is 1. The molecule has 162 valence electrons. The second kappa shape index (κ2) is 8.81. The summed E-state index contributed by atoms with van der Waals surface area (Å²) in [4.78, 5) is 28.3. The number of fused-ring (bicyclic) bond motifs is 2. The van der Waals surface area contributed by atoms with Gasteiger partial charge in [-0.25, -0.2) is 0 Å². The highest BCUT2D eigenvalue weighted by Gasteiger charge is 2.25. The van der Waals surface area contributed by atoms with Crippen LogP contribution in [0.5, 0.6) is 0 Å². The van der Waals surface area contributed by atoms with E-state index in [2.05, 4.69) is 10.2 Å². The summed E-state index contributed by atoms with van der Waals surface area (Å²) in [5.74, 6) is 0.662. The minimum Gasteiger partial charge on any atom is -0.381 e. The Balaban J connectivity index is 1.28. The number of amides is 1. The molecule has 0 radical (unpaired) electrons. The molecule has 1 aromatic heterocycles. The molecule has 1 unspecified atom stereocenters. The van der Waals surface area contributed by atoms with Gasteiger partial charge in [0, 0.05) is 43.1 Å². The van der Waals surface area contributed by atoms with E-state index in [1.165, 1.54) is 0 Å². The van der Waals surface area contributed by atoms with Crippen LogP contribution in [0.4, 0.5) is 0 Å². The fraction of sp³-hybridized carbons (Fsp3) is 0.440. The van der Waals surface area contributed by atoms with Gasteiger partial charge in [0.1, 0.15) is 6.54 Å². The highest BCUT2D eigenvalue weighted by molar-refractivity contribution is 5.94. The minimum atomic E-state index is 0.00148. The van der Waals surface area contributed by atoms with Crippen LogP contribution >= 0.6 is 0 Å². The maximum Gasteiger partial charge on any atom is 0.240 e. The summed E-state index contributed by atoms with van der Waals surface area (Å²) < 4.78 is 7.46. The maximum atomic E-state index is 13.0. The first-order valence-corrected chi connectivity index (χ1v) is 11.3. The topological polar surface area (TPSA) is 63.6 Å². The number of aromatic nitrogens is 1. The number of carbonyl (C=O) groups is 1. The van der Waals surface area contributed by atoms with E-state index < -0.39 is 0 Å². The molecule has 1 N–H and O–H groups in total. The van der Waals surface area contributed by atoms with Gasteiger partial charge in [-0.3, -0.25) is 9.59 Å². The van der Waals surface area contributed by atoms with Crippen molar-refractivity contribution < 1.29 is 9.53 Å². The van der Waals surface area contributed by atoms with Crippen molar-refractivity contribution >= 4 is 27.7 Å². The molecular formula is C25H29N3O3. The summed E-state index contributed by atoms with van der Waals surface area (Å²) >= 11 is 0. The van der Waals surface area contributed by atoms with Crippen molar-refractivity contribution in [2.75, 3.05) is 32.8 Å². The van der Waals surface area contributed by atoms with E-state index in [0.717, 1.165) is 63.1 Å². The van der Waals surface area contributed by atoms with Crippen molar-refractivity contribution in [3.63, 3.8) is 0 Å². The van der Waals surface area contributed by atoms with Crippen LogP contribution in [-0.2, 0) is 16.1 Å². The Bertz CT molecular complexity index is 1080. The van der Waals surface area contributed by atoms with Crippen LogP contribution in [0.15, 0.2) is 53.3 Å². The first-order chi connectivity index (χ1) is 15.2. The Kier molecular flexibility index (Phi) is 5.74. The van der Waals surface area contributed by atoms with E-state index in [0.29, 0.717) is 16.7 Å². The van der Waals surface area contributed by atoms with Gasteiger partial charge in [-0.15, -0.1) is 0 Å². The zero-order chi connectivity index (χ0) is 21.2. The number of hydrogen-bond acceptors (Lipinski definition) is 4. The van der Waals surface area contributed by atoms with Crippen molar-refractivity contribution in [2.24, 2.45) is 5.92 Å². The number of piperidine rings is 1. The molecule has 0 saturated carbocycles. The SMILES string of the molecule is O=C(Cn1c2ccccc2c(=O)c2ccccc21)NC1CCN(CC2CCOC2)CC1. The van der Waals surface area contributed by atoms with Crippen LogP contribution in [-0.4, -0.2) is 54.3 Å². The fourth-order valence-electron chi connectivity index (χ4n) is 5.02. The lowest BCUT2D eigenvalue weighted by Crippen LogP contribution is -2.46. The van der Waals surface area contributed by atoms with Gasteiger partial charge in [0.05, 0.1) is 17.6 Å². The number of likely N-dealkylation sites (tertiary alicyclic amines) is 1. The van der Waals surface area contributed by atoms with Crippen molar-refractivity contribution in [2.45, 2.75) is 31.8 Å². The number of hydrogen-bond donors (Lipinski definition) is 1. The lowest BCUT2D eigenvalue weighted by atomic mass is 10.0. The van der Waals surface area contributed by atoms with Crippen molar-refractivity contribution in [1.29, 1.82) is 0 Å². The predicted octanol–water partition coefficient (Wildman–Crippen LogP) is 2.77. The number of benzene rings is 2. The molecule has 1 atom stereocenters. The number of nitrogens with zero attached hydrogens (tertiary/aromatic N) is 2. The van der Waals surface area contributed by atoms with Crippen molar-refractivity contribution in [1.82, 2.24) is 14.8 Å². The average Bonchev–Trinajstić information content (AvgIpc) is 3.31. The standard InChI is InChI=1S/C25H29N3O3/c29-24(26-19-9-12-27(13-10-19)15-18-11-14-31-17-18)16-28-22-7-3-1-5-20(22)25(30)21-6-2-4-8-23(21)28/h1-8,18-19H,9-17H2,(H,26,29). The van der Waals surface area contributed by atoms with Crippen LogP contribution in [0, 0.1) is 5.92 Å². The van der Waals surface area contributed by atoms with Gasteiger partial charge < -0.3 is 19.5 Å². The molecule has 0 bridgehead atoms. The molecule has 3 heterocycles. The minimum absolute atomic E-state index is 0.00148. The number of rotatable bonds is 5. The second-order valence-corrected chi connectivity index (χ2v) is 8.82. The monoisotopic (exact) mass is 419 g/mol. The van der Waals surface area contributed by atoms with Crippen LogP contribution in [0.3, 0.4) is 0 Å². The van der Waals surface area contributed by atoms with Gasteiger partial charge >= 0.3 is 0 Å². The molecular weight excluding hydrogens is 390 g/mol. The van der Waals surface area contributed by atoms with Gasteiger partial charge in [0.25, 0.3) is 0 Å². The molecule has 2 aliphatic heterocycles. The van der Waals surface area contributed by atoms with Gasteiger partial charge in [0.2, 0.25) is 5.91 Å². The smallest absolute Gasteiger partial charge is 0.240 e. The highest BCUT2D eigenvalue weighted by Crippen LogP contribution is 2.20. The first-order valence-electron chi connectivity index (χ1n) is 11.3. The zero-order valence-electron chi connectivity index (χ0n) is 17.8. The maximum absolute atomic E-state index is 13.0. The van der Waals surface area contributed by atoms with Crippen molar-refractivity contribution in [3.8, 4) is 0 Å². The molecule has 6 nitrogen and oxygen atoms in total. The van der Waals surface area contributed by atoms with Gasteiger partial charge in [-0.1, -0.05) is 24.3 Å². The lowest BCUT2D eigenvalue weighted by Gasteiger charge is -2.33. The highest BCUT2D eigenvalue weighted by atomic mass is 16.5. The summed E-state index contributed by atoms with van der Waals surface area (Å²) in [6, 6.07) is 15.3. The van der Waals surface area contributed by atoms with Gasteiger partial charge in [-0.2, -0.15) is 0 Å². The number of para-hydroxylation sites is 2. The van der Waals surface area contributed by atoms with E-state index in [1.54, 1.807) is 0 Å². The Labute approximate surface area is 181 Å². The zero-order valence-corrected chi connectivity index (χ0v) is 17.8. The molecule has 6 heteroatoms. The Hall–Kier alpha value is -2.70. The molecule has 2 fully saturated rings. The number of ether oxygens (including phenoxy) is 1. The Morgan fingerprint density at radius 3 is 2.23 bits per heavy atom. The third kappa shape index (κ3) is 4.23. The molecule has 2 aromatic carbocycles. The van der Waals surface area contributed by atoms with Crippen LogP contribution in [0.1, 0.15) is 19.3 Å². The second-order valence-electron chi connectivity index (χ2n) is 8.82. The van der Waals surface area contributed by atoms with E-state index in [1.807, 2.05) is 53.1 Å². The molecule has 2 saturated heterocycles. The summed E-state index contributed by atoms with van der Waals surface area (Å²) in [7, 11) is 0. The van der Waals surface area contributed by atoms with E-state index in [4.69, 9.17) is 4.74 Å². The van der Waals surface area contributed by atoms with Crippen molar-refractivity contribution in [3.05, 3.63) is 58.8 Å². The Morgan fingerprint density at radius 2 is 1.61 bits per heavy atom. The summed E-state index contributed by atoms with van der Waals surface area (Å²) in [6.07, 6.45) is 3.12. The van der Waals surface area contributed by atoms with Gasteiger partial charge in [0.15, 0.2) is 5.43 Å². The van der Waals surface area contributed by atoms with E-state index in [9.17, 15) is 9.59 Å². The Morgan fingerprint density at radius 1 is 0.968 bits per heavy atom. The number of pyridine rings is 1. The third-order valence-corrected chi connectivity index (χ3v) is 6.67. The summed E-state index contributed by atoms with van der Waals surface area (Å²) in [5.41, 5.74) is 1.62. The lowest BCUT2D eigenvalue weighted by molar-refractivity contribution is -0.122. The largest absolute Gasteiger partial charge is 0.381 e.